The first kappa shape index (κ1) is 16.4. The van der Waals surface area contributed by atoms with E-state index in [1.54, 1.807) is 6.33 Å². The normalized spacial score (nSPS) is 33.1. The molecular weight excluding hydrogens is 352 g/mol. The fourth-order valence-corrected chi connectivity index (χ4v) is 5.61. The average molecular weight is 374 g/mol. The minimum Gasteiger partial charge on any atom is -0.369 e. The number of ether oxygens (including phenoxy) is 1. The third kappa shape index (κ3) is 2.51. The van der Waals surface area contributed by atoms with Gasteiger partial charge in [-0.3, -0.25) is 0 Å². The Morgan fingerprint density at radius 2 is 2.19 bits per heavy atom. The Balaban J connectivity index is 1.45. The minimum atomic E-state index is -3.19. The summed E-state index contributed by atoms with van der Waals surface area (Å²) in [6.45, 7) is 2.10. The van der Waals surface area contributed by atoms with Crippen molar-refractivity contribution in [3.63, 3.8) is 0 Å². The molecule has 5 rings (SSSR count). The van der Waals surface area contributed by atoms with Crippen molar-refractivity contribution in [2.75, 3.05) is 30.8 Å². The van der Waals surface area contributed by atoms with E-state index in [1.807, 2.05) is 18.2 Å². The van der Waals surface area contributed by atoms with Crippen molar-refractivity contribution in [2.45, 2.75) is 24.5 Å². The Bertz CT molecular complexity index is 961. The smallest absolute Gasteiger partial charge is 0.208 e. The summed E-state index contributed by atoms with van der Waals surface area (Å²) in [6, 6.07) is 8.04. The number of fused-ring (bicyclic) bond motifs is 2. The zero-order valence-corrected chi connectivity index (χ0v) is 15.4. The van der Waals surface area contributed by atoms with E-state index in [4.69, 9.17) is 4.74 Å². The molecule has 3 fully saturated rings. The summed E-state index contributed by atoms with van der Waals surface area (Å²) in [6.07, 6.45) is 5.04. The monoisotopic (exact) mass is 374 g/mol. The highest BCUT2D eigenvalue weighted by Gasteiger charge is 2.63. The van der Waals surface area contributed by atoms with Gasteiger partial charge in [0.05, 0.1) is 23.5 Å². The molecular formula is C18H22N4O3S. The molecule has 0 radical (unpaired) electrons. The molecule has 0 unspecified atom stereocenters. The van der Waals surface area contributed by atoms with Crippen molar-refractivity contribution in [2.24, 2.45) is 11.8 Å². The number of sulfonamides is 1. The fourth-order valence-electron chi connectivity index (χ4n) is 5.12. The van der Waals surface area contributed by atoms with Crippen LogP contribution in [0.3, 0.4) is 0 Å². The number of rotatable bonds is 4. The first-order chi connectivity index (χ1) is 12.5. The molecule has 1 aromatic carbocycles. The topological polar surface area (TPSA) is 84.4 Å². The molecule has 4 atom stereocenters. The van der Waals surface area contributed by atoms with Crippen LogP contribution in [0.15, 0.2) is 30.6 Å². The fraction of sp³-hybridized carbons (Fsp3) is 0.556. The summed E-state index contributed by atoms with van der Waals surface area (Å²) in [7, 11) is -3.19. The summed E-state index contributed by atoms with van der Waals surface area (Å²) in [5.41, 5.74) is 0.771. The van der Waals surface area contributed by atoms with Crippen LogP contribution in [0.2, 0.25) is 0 Å². The molecule has 1 spiro atoms. The first-order valence-corrected chi connectivity index (χ1v) is 10.9. The first-order valence-electron chi connectivity index (χ1n) is 9.02. The predicted molar refractivity (Wildman–Crippen MR) is 98.4 cm³/mol. The maximum absolute atomic E-state index is 11.5. The molecule has 4 heterocycles. The van der Waals surface area contributed by atoms with Gasteiger partial charge < -0.3 is 9.64 Å². The van der Waals surface area contributed by atoms with Gasteiger partial charge in [0.1, 0.15) is 12.1 Å². The van der Waals surface area contributed by atoms with Crippen LogP contribution in [-0.2, 0) is 14.8 Å². The van der Waals surface area contributed by atoms with Crippen LogP contribution in [0.1, 0.15) is 12.8 Å². The second-order valence-corrected chi connectivity index (χ2v) is 9.58. The van der Waals surface area contributed by atoms with E-state index in [9.17, 15) is 8.42 Å². The highest BCUT2D eigenvalue weighted by Crippen LogP contribution is 2.55. The largest absolute Gasteiger partial charge is 0.369 e. The summed E-state index contributed by atoms with van der Waals surface area (Å²) < 4.78 is 32.2. The van der Waals surface area contributed by atoms with E-state index in [0.717, 1.165) is 42.7 Å². The van der Waals surface area contributed by atoms with Gasteiger partial charge in [-0.1, -0.05) is 12.1 Å². The molecule has 1 aromatic heterocycles. The number of para-hydroxylation sites is 1. The standard InChI is InChI=1S/C18H22N4O3S/c1-26(23,24)21-8-13-14-9-22(10-18(14)7-6-16(13)25-18)17-12-4-2-3-5-15(12)19-11-20-17/h2-5,11,13-14,16,21H,6-10H2,1H3/t13-,14+,16+,18+/m0/s1. The molecule has 3 aliphatic heterocycles. The highest BCUT2D eigenvalue weighted by molar-refractivity contribution is 7.88. The molecule has 0 amide bonds. The number of nitrogens with zero attached hydrogens (tertiary/aromatic N) is 3. The van der Waals surface area contributed by atoms with Crippen molar-refractivity contribution in [1.29, 1.82) is 0 Å². The van der Waals surface area contributed by atoms with Crippen LogP contribution < -0.4 is 9.62 Å². The Kier molecular flexibility index (Phi) is 3.54. The molecule has 2 aromatic rings. The van der Waals surface area contributed by atoms with Crippen molar-refractivity contribution in [3.05, 3.63) is 30.6 Å². The Labute approximate surface area is 152 Å². The molecule has 0 aliphatic carbocycles. The summed E-state index contributed by atoms with van der Waals surface area (Å²) >= 11 is 0. The van der Waals surface area contributed by atoms with Crippen molar-refractivity contribution >= 4 is 26.7 Å². The zero-order chi connectivity index (χ0) is 17.9. The molecule has 1 N–H and O–H groups in total. The molecule has 3 aliphatic rings. The zero-order valence-electron chi connectivity index (χ0n) is 14.6. The molecule has 138 valence electrons. The molecule has 26 heavy (non-hydrogen) atoms. The van der Waals surface area contributed by atoms with Gasteiger partial charge in [0.25, 0.3) is 0 Å². The van der Waals surface area contributed by atoms with Gasteiger partial charge >= 0.3 is 0 Å². The predicted octanol–water partition coefficient (Wildman–Crippen LogP) is 1.16. The number of hydrogen-bond donors (Lipinski definition) is 1. The number of nitrogens with one attached hydrogen (secondary N) is 1. The SMILES string of the molecule is CS(=O)(=O)NC[C@H]1[C@H]2CN(c3ncnc4ccccc34)C[C@]23CC[C@H]1O3. The Morgan fingerprint density at radius 1 is 1.35 bits per heavy atom. The van der Waals surface area contributed by atoms with Gasteiger partial charge in [0.2, 0.25) is 10.0 Å². The lowest BCUT2D eigenvalue weighted by atomic mass is 9.74. The van der Waals surface area contributed by atoms with E-state index in [1.165, 1.54) is 6.26 Å². The van der Waals surface area contributed by atoms with Gasteiger partial charge in [-0.15, -0.1) is 0 Å². The van der Waals surface area contributed by atoms with E-state index >= 15 is 0 Å². The minimum absolute atomic E-state index is 0.165. The van der Waals surface area contributed by atoms with Crippen LogP contribution in [-0.4, -0.2) is 56.0 Å². The van der Waals surface area contributed by atoms with Gasteiger partial charge in [0, 0.05) is 36.9 Å². The molecule has 0 saturated carbocycles. The Hall–Kier alpha value is -1.77. The van der Waals surface area contributed by atoms with Crippen molar-refractivity contribution < 1.29 is 13.2 Å². The van der Waals surface area contributed by atoms with Crippen LogP contribution in [0, 0.1) is 11.8 Å². The van der Waals surface area contributed by atoms with E-state index in [2.05, 4.69) is 25.7 Å². The maximum atomic E-state index is 11.5. The highest BCUT2D eigenvalue weighted by atomic mass is 32.2. The summed E-state index contributed by atoms with van der Waals surface area (Å²) in [5.74, 6) is 1.49. The van der Waals surface area contributed by atoms with Gasteiger partial charge in [-0.05, 0) is 25.0 Å². The maximum Gasteiger partial charge on any atom is 0.208 e. The van der Waals surface area contributed by atoms with Crippen molar-refractivity contribution in [3.8, 4) is 0 Å². The van der Waals surface area contributed by atoms with Gasteiger partial charge in [-0.25, -0.2) is 23.1 Å². The van der Waals surface area contributed by atoms with E-state index in [0.29, 0.717) is 12.5 Å². The third-order valence-electron chi connectivity index (χ3n) is 6.19. The number of hydrogen-bond acceptors (Lipinski definition) is 6. The number of benzene rings is 1. The molecule has 3 saturated heterocycles. The lowest BCUT2D eigenvalue weighted by Gasteiger charge is -2.29. The second-order valence-electron chi connectivity index (χ2n) is 7.75. The second kappa shape index (κ2) is 5.61. The van der Waals surface area contributed by atoms with Crippen LogP contribution >= 0.6 is 0 Å². The molecule has 7 nitrogen and oxygen atoms in total. The average Bonchev–Trinajstić information content (AvgIpc) is 3.27. The molecule has 8 heteroatoms. The Morgan fingerprint density at radius 3 is 3.04 bits per heavy atom. The lowest BCUT2D eigenvalue weighted by Crippen LogP contribution is -2.41. The number of aromatic nitrogens is 2. The van der Waals surface area contributed by atoms with Crippen LogP contribution in [0.25, 0.3) is 10.9 Å². The van der Waals surface area contributed by atoms with Crippen molar-refractivity contribution in [1.82, 2.24) is 14.7 Å². The summed E-state index contributed by atoms with van der Waals surface area (Å²) in [5, 5.41) is 1.05. The lowest BCUT2D eigenvalue weighted by molar-refractivity contribution is 0.0142. The van der Waals surface area contributed by atoms with E-state index in [-0.39, 0.29) is 17.6 Å². The van der Waals surface area contributed by atoms with Gasteiger partial charge in [-0.2, -0.15) is 0 Å². The third-order valence-corrected chi connectivity index (χ3v) is 6.88. The van der Waals surface area contributed by atoms with Gasteiger partial charge in [0.15, 0.2) is 0 Å². The summed E-state index contributed by atoms with van der Waals surface area (Å²) in [4.78, 5) is 11.2. The van der Waals surface area contributed by atoms with E-state index < -0.39 is 10.0 Å². The van der Waals surface area contributed by atoms with Crippen LogP contribution in [0.4, 0.5) is 5.82 Å². The van der Waals surface area contributed by atoms with Crippen LogP contribution in [0.5, 0.6) is 0 Å². The molecule has 2 bridgehead atoms. The number of anilines is 1. The quantitative estimate of drug-likeness (QED) is 0.865.